The third-order valence-corrected chi connectivity index (χ3v) is 6.70. The number of hydrogen-bond donors (Lipinski definition) is 3. The summed E-state index contributed by atoms with van der Waals surface area (Å²) >= 11 is 3.57. The Morgan fingerprint density at radius 2 is 2.09 bits per heavy atom. The van der Waals surface area contributed by atoms with E-state index in [-0.39, 0.29) is 30.0 Å². The second-order valence-electron chi connectivity index (χ2n) is 8.55. The Labute approximate surface area is 195 Å². The number of halogens is 1. The highest BCUT2D eigenvalue weighted by molar-refractivity contribution is 9.10. The number of hydrogen-bond acceptors (Lipinski definition) is 4. The summed E-state index contributed by atoms with van der Waals surface area (Å²) in [5, 5.41) is 6.34. The number of aryl methyl sites for hydroxylation is 2. The molecule has 2 atom stereocenters. The van der Waals surface area contributed by atoms with Gasteiger partial charge in [0.15, 0.2) is 0 Å². The van der Waals surface area contributed by atoms with Gasteiger partial charge in [0.1, 0.15) is 0 Å². The molecule has 0 aliphatic carbocycles. The van der Waals surface area contributed by atoms with Crippen LogP contribution in [0.4, 0.5) is 0 Å². The first-order valence-corrected chi connectivity index (χ1v) is 11.7. The van der Waals surface area contributed by atoms with Gasteiger partial charge in [-0.1, -0.05) is 6.92 Å². The van der Waals surface area contributed by atoms with E-state index in [9.17, 15) is 9.59 Å². The molecule has 0 radical (unpaired) electrons. The summed E-state index contributed by atoms with van der Waals surface area (Å²) in [5.74, 6) is -0.114. The van der Waals surface area contributed by atoms with Crippen LogP contribution in [0, 0.1) is 20.8 Å². The van der Waals surface area contributed by atoms with Crippen molar-refractivity contribution in [3.63, 3.8) is 0 Å². The summed E-state index contributed by atoms with van der Waals surface area (Å²) in [6, 6.07) is 5.81. The average molecular weight is 501 g/mol. The molecule has 170 valence electrons. The normalized spacial score (nSPS) is 17.5. The number of rotatable bonds is 5. The number of pyridine rings is 2. The fourth-order valence-corrected chi connectivity index (χ4v) is 5.02. The van der Waals surface area contributed by atoms with Gasteiger partial charge in [0, 0.05) is 64.3 Å². The van der Waals surface area contributed by atoms with E-state index in [1.807, 2.05) is 45.2 Å². The Morgan fingerprint density at radius 1 is 1.31 bits per heavy atom. The molecule has 0 bridgehead atoms. The van der Waals surface area contributed by atoms with Gasteiger partial charge < -0.3 is 24.8 Å². The molecular weight excluding hydrogens is 472 g/mol. The summed E-state index contributed by atoms with van der Waals surface area (Å²) in [5.41, 5.74) is 5.58. The SMILES string of the molecule is Cc1cc(C)c(CNC(=O)c2cc3cc(Br)cn3c(C(C)C3CNCCO3)c2C)c(=O)[nH]1. The number of nitrogens with zero attached hydrogens (tertiary/aromatic N) is 1. The number of ether oxygens (including phenoxy) is 1. The smallest absolute Gasteiger partial charge is 0.253 e. The fraction of sp³-hybridized carbons (Fsp3) is 0.417. The summed E-state index contributed by atoms with van der Waals surface area (Å²) in [7, 11) is 0. The van der Waals surface area contributed by atoms with Crippen LogP contribution < -0.4 is 16.2 Å². The van der Waals surface area contributed by atoms with Crippen LogP contribution in [0.1, 0.15) is 51.3 Å². The molecule has 1 amide bonds. The van der Waals surface area contributed by atoms with E-state index >= 15 is 0 Å². The predicted molar refractivity (Wildman–Crippen MR) is 129 cm³/mol. The lowest BCUT2D eigenvalue weighted by Gasteiger charge is -2.31. The van der Waals surface area contributed by atoms with E-state index in [0.717, 1.165) is 45.6 Å². The van der Waals surface area contributed by atoms with E-state index in [4.69, 9.17) is 4.74 Å². The lowest BCUT2D eigenvalue weighted by Crippen LogP contribution is -2.41. The highest BCUT2D eigenvalue weighted by atomic mass is 79.9. The van der Waals surface area contributed by atoms with E-state index < -0.39 is 0 Å². The summed E-state index contributed by atoms with van der Waals surface area (Å²) in [6.45, 7) is 10.3. The number of nitrogens with one attached hydrogen (secondary N) is 3. The van der Waals surface area contributed by atoms with Gasteiger partial charge in [-0.15, -0.1) is 0 Å². The number of carbonyl (C=O) groups excluding carboxylic acids is 1. The summed E-state index contributed by atoms with van der Waals surface area (Å²) in [6.07, 6.45) is 2.06. The minimum absolute atomic E-state index is 0.0268. The molecule has 1 saturated heterocycles. The van der Waals surface area contributed by atoms with Crippen molar-refractivity contribution in [1.29, 1.82) is 0 Å². The van der Waals surface area contributed by atoms with Crippen molar-refractivity contribution in [2.24, 2.45) is 0 Å². The topological polar surface area (TPSA) is 87.6 Å². The van der Waals surface area contributed by atoms with E-state index in [0.29, 0.717) is 17.7 Å². The molecule has 3 aromatic rings. The van der Waals surface area contributed by atoms with Crippen LogP contribution >= 0.6 is 15.9 Å². The first-order valence-electron chi connectivity index (χ1n) is 10.9. The first kappa shape index (κ1) is 22.8. The largest absolute Gasteiger partial charge is 0.375 e. The van der Waals surface area contributed by atoms with E-state index in [1.165, 1.54) is 0 Å². The molecule has 1 aliphatic rings. The molecule has 2 unspecified atom stereocenters. The lowest BCUT2D eigenvalue weighted by atomic mass is 9.92. The monoisotopic (exact) mass is 500 g/mol. The molecule has 4 heterocycles. The van der Waals surface area contributed by atoms with Crippen LogP contribution in [0.2, 0.25) is 0 Å². The van der Waals surface area contributed by atoms with Crippen molar-refractivity contribution in [2.45, 2.75) is 46.3 Å². The zero-order chi connectivity index (χ0) is 23.0. The Balaban J connectivity index is 1.69. The van der Waals surface area contributed by atoms with Gasteiger partial charge in [-0.2, -0.15) is 0 Å². The Kier molecular flexibility index (Phi) is 6.55. The highest BCUT2D eigenvalue weighted by Crippen LogP contribution is 2.31. The highest BCUT2D eigenvalue weighted by Gasteiger charge is 2.27. The lowest BCUT2D eigenvalue weighted by molar-refractivity contribution is 0.0135. The molecule has 1 aliphatic heterocycles. The number of aromatic nitrogens is 2. The molecule has 0 saturated carbocycles. The molecule has 7 nitrogen and oxygen atoms in total. The van der Waals surface area contributed by atoms with Crippen molar-refractivity contribution in [3.05, 3.63) is 72.9 Å². The van der Waals surface area contributed by atoms with Crippen molar-refractivity contribution in [2.75, 3.05) is 19.7 Å². The molecule has 8 heteroatoms. The Bertz CT molecular complexity index is 1220. The molecule has 3 aromatic heterocycles. The Hall–Kier alpha value is -2.42. The van der Waals surface area contributed by atoms with Crippen LogP contribution in [-0.2, 0) is 11.3 Å². The third-order valence-electron chi connectivity index (χ3n) is 6.27. The van der Waals surface area contributed by atoms with Gasteiger partial charge in [-0.3, -0.25) is 9.59 Å². The molecule has 0 spiro atoms. The van der Waals surface area contributed by atoms with Crippen molar-refractivity contribution in [3.8, 4) is 0 Å². The van der Waals surface area contributed by atoms with Gasteiger partial charge in [0.05, 0.1) is 12.7 Å². The van der Waals surface area contributed by atoms with E-state index in [1.54, 1.807) is 0 Å². The van der Waals surface area contributed by atoms with Crippen LogP contribution in [0.25, 0.3) is 5.52 Å². The standard InChI is InChI=1S/C24H29BrN4O3/c1-13-7-14(2)28-24(31)20(13)10-27-23(30)19-9-18-8-17(25)12-29(18)22(15(19)3)16(4)21-11-26-5-6-32-21/h7-9,12,16,21,26H,5-6,10-11H2,1-4H3,(H,27,30)(H,28,31). The fourth-order valence-electron chi connectivity index (χ4n) is 4.59. The van der Waals surface area contributed by atoms with Crippen LogP contribution in [-0.4, -0.2) is 41.1 Å². The van der Waals surface area contributed by atoms with Gasteiger partial charge in [0.2, 0.25) is 0 Å². The number of aromatic amines is 1. The second kappa shape index (κ2) is 9.21. The molecule has 0 aromatic carbocycles. The average Bonchev–Trinajstić information content (AvgIpc) is 3.12. The number of morpholine rings is 1. The van der Waals surface area contributed by atoms with Gasteiger partial charge >= 0.3 is 0 Å². The minimum atomic E-state index is -0.196. The zero-order valence-electron chi connectivity index (χ0n) is 18.8. The summed E-state index contributed by atoms with van der Waals surface area (Å²) < 4.78 is 9.10. The molecule has 4 rings (SSSR count). The number of fused-ring (bicyclic) bond motifs is 1. The molecular formula is C24H29BrN4O3. The predicted octanol–water partition coefficient (Wildman–Crippen LogP) is 3.34. The zero-order valence-corrected chi connectivity index (χ0v) is 20.4. The maximum absolute atomic E-state index is 13.2. The second-order valence-corrected chi connectivity index (χ2v) is 9.46. The maximum Gasteiger partial charge on any atom is 0.253 e. The maximum atomic E-state index is 13.2. The number of carbonyl (C=O) groups is 1. The molecule has 32 heavy (non-hydrogen) atoms. The van der Waals surface area contributed by atoms with E-state index in [2.05, 4.69) is 42.9 Å². The number of H-pyrrole nitrogens is 1. The first-order chi connectivity index (χ1) is 15.3. The molecule has 1 fully saturated rings. The van der Waals surface area contributed by atoms with Crippen LogP contribution in [0.15, 0.2) is 33.7 Å². The van der Waals surface area contributed by atoms with Crippen molar-refractivity contribution in [1.82, 2.24) is 20.0 Å². The summed E-state index contributed by atoms with van der Waals surface area (Å²) in [4.78, 5) is 28.4. The van der Waals surface area contributed by atoms with Crippen LogP contribution in [0.5, 0.6) is 0 Å². The minimum Gasteiger partial charge on any atom is -0.375 e. The third kappa shape index (κ3) is 4.40. The van der Waals surface area contributed by atoms with Gasteiger partial charge in [-0.25, -0.2) is 0 Å². The molecule has 3 N–H and O–H groups in total. The van der Waals surface area contributed by atoms with Crippen LogP contribution in [0.3, 0.4) is 0 Å². The van der Waals surface area contributed by atoms with Gasteiger partial charge in [-0.05, 0) is 66.0 Å². The van der Waals surface area contributed by atoms with Gasteiger partial charge in [0.25, 0.3) is 11.5 Å². The quantitative estimate of drug-likeness (QED) is 0.501. The van der Waals surface area contributed by atoms with Crippen molar-refractivity contribution >= 4 is 27.4 Å². The Morgan fingerprint density at radius 3 is 2.78 bits per heavy atom. The number of amides is 1. The van der Waals surface area contributed by atoms with Crippen molar-refractivity contribution < 1.29 is 9.53 Å².